The van der Waals surface area contributed by atoms with Crippen molar-refractivity contribution in [2.45, 2.75) is 5.03 Å². The molecule has 0 amide bonds. The van der Waals surface area contributed by atoms with Crippen molar-refractivity contribution in [3.63, 3.8) is 0 Å². The van der Waals surface area contributed by atoms with Crippen molar-refractivity contribution in [1.82, 2.24) is 4.98 Å². The number of para-hydroxylation sites is 2. The summed E-state index contributed by atoms with van der Waals surface area (Å²) in [5.74, 6) is 0.984. The van der Waals surface area contributed by atoms with Crippen molar-refractivity contribution in [3.8, 4) is 5.75 Å². The van der Waals surface area contributed by atoms with E-state index in [1.807, 2.05) is 18.2 Å². The van der Waals surface area contributed by atoms with Crippen LogP contribution in [0.15, 0.2) is 53.7 Å². The molecule has 0 bridgehead atoms. The molecule has 6 heteroatoms. The molecular formula is C13H12N2O3S. The van der Waals surface area contributed by atoms with Gasteiger partial charge in [0.15, 0.2) is 5.75 Å². The highest BCUT2D eigenvalue weighted by Crippen LogP contribution is 2.26. The van der Waals surface area contributed by atoms with Gasteiger partial charge in [-0.15, -0.1) is 11.8 Å². The lowest BCUT2D eigenvalue weighted by atomic mass is 10.3. The fourth-order valence-electron chi connectivity index (χ4n) is 1.46. The smallest absolute Gasteiger partial charge is 0.310 e. The van der Waals surface area contributed by atoms with E-state index in [4.69, 9.17) is 4.74 Å². The van der Waals surface area contributed by atoms with E-state index < -0.39 is 4.92 Å². The molecule has 0 spiro atoms. The predicted molar refractivity (Wildman–Crippen MR) is 73.6 cm³/mol. The van der Waals surface area contributed by atoms with Crippen LogP contribution in [0.4, 0.5) is 5.69 Å². The molecule has 1 aromatic heterocycles. The molecule has 98 valence electrons. The van der Waals surface area contributed by atoms with Crippen LogP contribution in [-0.2, 0) is 0 Å². The summed E-state index contributed by atoms with van der Waals surface area (Å²) in [5.41, 5.74) is -0.00895. The molecule has 0 unspecified atom stereocenters. The van der Waals surface area contributed by atoms with Crippen LogP contribution in [0.5, 0.6) is 5.75 Å². The molecule has 0 aliphatic rings. The number of hydrogen-bond donors (Lipinski definition) is 0. The SMILES string of the molecule is O=[N+]([O-])c1ccccc1OCCSc1ccccn1. The summed E-state index contributed by atoms with van der Waals surface area (Å²) in [6.07, 6.45) is 1.73. The second kappa shape index (κ2) is 6.75. The highest BCUT2D eigenvalue weighted by atomic mass is 32.2. The Morgan fingerprint density at radius 1 is 1.21 bits per heavy atom. The Hall–Kier alpha value is -2.08. The molecule has 1 heterocycles. The van der Waals surface area contributed by atoms with Gasteiger partial charge in [0.25, 0.3) is 0 Å². The van der Waals surface area contributed by atoms with E-state index >= 15 is 0 Å². The van der Waals surface area contributed by atoms with Crippen molar-refractivity contribution in [2.75, 3.05) is 12.4 Å². The van der Waals surface area contributed by atoms with E-state index in [-0.39, 0.29) is 5.69 Å². The Morgan fingerprint density at radius 3 is 2.74 bits per heavy atom. The van der Waals surface area contributed by atoms with Gasteiger partial charge in [-0.05, 0) is 18.2 Å². The number of nitrogens with zero attached hydrogens (tertiary/aromatic N) is 2. The number of thioether (sulfide) groups is 1. The largest absolute Gasteiger partial charge is 0.486 e. The summed E-state index contributed by atoms with van der Waals surface area (Å²) >= 11 is 1.55. The lowest BCUT2D eigenvalue weighted by Crippen LogP contribution is -2.02. The quantitative estimate of drug-likeness (QED) is 0.351. The number of nitro benzene ring substituents is 1. The number of ether oxygens (including phenoxy) is 1. The third-order valence-electron chi connectivity index (χ3n) is 2.29. The molecule has 19 heavy (non-hydrogen) atoms. The first kappa shape index (κ1) is 13.4. The molecule has 2 aromatic rings. The zero-order valence-corrected chi connectivity index (χ0v) is 10.9. The van der Waals surface area contributed by atoms with E-state index in [9.17, 15) is 10.1 Å². The molecule has 2 rings (SSSR count). The minimum atomic E-state index is -0.443. The van der Waals surface area contributed by atoms with Gasteiger partial charge in [-0.25, -0.2) is 4.98 Å². The van der Waals surface area contributed by atoms with Crippen molar-refractivity contribution >= 4 is 17.4 Å². The average molecular weight is 276 g/mol. The van der Waals surface area contributed by atoms with E-state index in [2.05, 4.69) is 4.98 Å². The topological polar surface area (TPSA) is 65.3 Å². The van der Waals surface area contributed by atoms with Crippen molar-refractivity contribution in [2.24, 2.45) is 0 Å². The standard InChI is InChI=1S/C13H12N2O3S/c16-15(17)11-5-1-2-6-12(11)18-9-10-19-13-7-3-4-8-14-13/h1-8H,9-10H2. The van der Waals surface area contributed by atoms with Crippen LogP contribution >= 0.6 is 11.8 Å². The van der Waals surface area contributed by atoms with Crippen LogP contribution in [0.25, 0.3) is 0 Å². The van der Waals surface area contributed by atoms with E-state index in [1.54, 1.807) is 36.2 Å². The number of hydrogen-bond acceptors (Lipinski definition) is 5. The average Bonchev–Trinajstić information content (AvgIpc) is 2.45. The lowest BCUT2D eigenvalue weighted by Gasteiger charge is -2.05. The predicted octanol–water partition coefficient (Wildman–Crippen LogP) is 3.16. The van der Waals surface area contributed by atoms with Crippen molar-refractivity contribution < 1.29 is 9.66 Å². The first-order chi connectivity index (χ1) is 9.27. The molecular weight excluding hydrogens is 264 g/mol. The van der Waals surface area contributed by atoms with Gasteiger partial charge in [0.1, 0.15) is 0 Å². The second-order valence-electron chi connectivity index (χ2n) is 3.59. The number of rotatable bonds is 6. The number of benzene rings is 1. The maximum absolute atomic E-state index is 10.8. The normalized spacial score (nSPS) is 10.1. The molecule has 0 saturated heterocycles. The van der Waals surface area contributed by atoms with Crippen LogP contribution in [0.1, 0.15) is 0 Å². The summed E-state index contributed by atoms with van der Waals surface area (Å²) in [7, 11) is 0. The minimum absolute atomic E-state index is 0.00895. The number of nitro groups is 1. The third-order valence-corrected chi connectivity index (χ3v) is 3.20. The molecule has 1 aromatic carbocycles. The van der Waals surface area contributed by atoms with Crippen LogP contribution in [0.2, 0.25) is 0 Å². The minimum Gasteiger partial charge on any atom is -0.486 e. The Labute approximate surface area is 114 Å². The van der Waals surface area contributed by atoms with Gasteiger partial charge in [0.05, 0.1) is 16.6 Å². The summed E-state index contributed by atoms with van der Waals surface area (Å²) < 4.78 is 5.43. The van der Waals surface area contributed by atoms with Gasteiger partial charge >= 0.3 is 5.69 Å². The monoisotopic (exact) mass is 276 g/mol. The molecule has 5 nitrogen and oxygen atoms in total. The molecule has 0 radical (unpaired) electrons. The Bertz CT molecular complexity index is 549. The fraction of sp³-hybridized carbons (Fsp3) is 0.154. The van der Waals surface area contributed by atoms with Gasteiger partial charge in [-0.3, -0.25) is 10.1 Å². The highest BCUT2D eigenvalue weighted by Gasteiger charge is 2.13. The molecule has 0 atom stereocenters. The number of aromatic nitrogens is 1. The number of pyridine rings is 1. The first-order valence-corrected chi connectivity index (χ1v) is 6.66. The molecule has 0 N–H and O–H groups in total. The maximum Gasteiger partial charge on any atom is 0.310 e. The maximum atomic E-state index is 10.8. The van der Waals surface area contributed by atoms with E-state index in [0.29, 0.717) is 18.1 Å². The van der Waals surface area contributed by atoms with Crippen LogP contribution in [-0.4, -0.2) is 22.3 Å². The third kappa shape index (κ3) is 3.96. The van der Waals surface area contributed by atoms with Crippen LogP contribution in [0, 0.1) is 10.1 Å². The van der Waals surface area contributed by atoms with Gasteiger partial charge in [-0.2, -0.15) is 0 Å². The summed E-state index contributed by atoms with van der Waals surface area (Å²) in [4.78, 5) is 14.5. The Kier molecular flexibility index (Phi) is 4.74. The summed E-state index contributed by atoms with van der Waals surface area (Å²) in [5, 5.41) is 11.7. The van der Waals surface area contributed by atoms with Crippen molar-refractivity contribution in [3.05, 3.63) is 58.8 Å². The van der Waals surface area contributed by atoms with Gasteiger partial charge in [0, 0.05) is 18.0 Å². The summed E-state index contributed by atoms with van der Waals surface area (Å²) in [6, 6.07) is 12.1. The van der Waals surface area contributed by atoms with Crippen LogP contribution in [0.3, 0.4) is 0 Å². The molecule has 0 fully saturated rings. The molecule has 0 aliphatic heterocycles. The zero-order chi connectivity index (χ0) is 13.5. The fourth-order valence-corrected chi connectivity index (χ4v) is 2.15. The Morgan fingerprint density at radius 2 is 2.00 bits per heavy atom. The van der Waals surface area contributed by atoms with E-state index in [1.165, 1.54) is 6.07 Å². The zero-order valence-electron chi connectivity index (χ0n) is 10.1. The van der Waals surface area contributed by atoms with Gasteiger partial charge in [-0.1, -0.05) is 18.2 Å². The van der Waals surface area contributed by atoms with Gasteiger partial charge < -0.3 is 4.74 Å². The highest BCUT2D eigenvalue weighted by molar-refractivity contribution is 7.99. The first-order valence-electron chi connectivity index (χ1n) is 5.67. The molecule has 0 aliphatic carbocycles. The Balaban J connectivity index is 1.85. The second-order valence-corrected chi connectivity index (χ2v) is 4.70. The summed E-state index contributed by atoms with van der Waals surface area (Å²) in [6.45, 7) is 0.395. The molecule has 0 saturated carbocycles. The lowest BCUT2D eigenvalue weighted by molar-refractivity contribution is -0.385. The van der Waals surface area contributed by atoms with Crippen molar-refractivity contribution in [1.29, 1.82) is 0 Å². The van der Waals surface area contributed by atoms with Crippen LogP contribution < -0.4 is 4.74 Å². The van der Waals surface area contributed by atoms with Gasteiger partial charge in [0.2, 0.25) is 0 Å². The van der Waals surface area contributed by atoms with E-state index in [0.717, 1.165) is 5.03 Å².